The second kappa shape index (κ2) is 12.9. The van der Waals surface area contributed by atoms with Gasteiger partial charge in [0, 0.05) is 37.7 Å². The third-order valence-corrected chi connectivity index (χ3v) is 7.31. The molecule has 2 aliphatic heterocycles. The van der Waals surface area contributed by atoms with Crippen LogP contribution in [0, 0.1) is 11.8 Å². The maximum absolute atomic E-state index is 13.1. The van der Waals surface area contributed by atoms with Crippen LogP contribution in [0.4, 0.5) is 13.2 Å². The number of carbonyl (C=O) groups is 1. The highest BCUT2D eigenvalue weighted by Gasteiger charge is 2.36. The molecule has 1 N–H and O–H groups in total. The summed E-state index contributed by atoms with van der Waals surface area (Å²) in [6.45, 7) is 9.10. The molecule has 0 bridgehead atoms. The molecule has 4 atom stereocenters. The van der Waals surface area contributed by atoms with Gasteiger partial charge in [0.25, 0.3) is 0 Å². The van der Waals surface area contributed by atoms with Gasteiger partial charge in [0.05, 0.1) is 12.2 Å². The molecule has 196 valence electrons. The van der Waals surface area contributed by atoms with Crippen molar-refractivity contribution in [1.82, 2.24) is 10.2 Å². The van der Waals surface area contributed by atoms with Gasteiger partial charge in [-0.2, -0.15) is 13.2 Å². The van der Waals surface area contributed by atoms with Crippen molar-refractivity contribution < 1.29 is 22.7 Å². The lowest BCUT2D eigenvalue weighted by molar-refractivity contribution is -0.137. The number of hydrogen-bond acceptors (Lipinski definition) is 3. The summed E-state index contributed by atoms with van der Waals surface area (Å²) in [6, 6.07) is 6.31. The molecule has 0 aromatic heterocycles. The molecule has 0 radical (unpaired) electrons. The Labute approximate surface area is 208 Å². The molecule has 0 spiro atoms. The maximum Gasteiger partial charge on any atom is 0.416 e. The first kappa shape index (κ1) is 27.7. The Bertz CT molecular complexity index is 855. The second-order valence-electron chi connectivity index (χ2n) is 10.1. The Balaban J connectivity index is 0.00000108. The zero-order valence-corrected chi connectivity index (χ0v) is 21.4. The van der Waals surface area contributed by atoms with Gasteiger partial charge in [0.1, 0.15) is 0 Å². The van der Waals surface area contributed by atoms with Crippen LogP contribution >= 0.6 is 0 Å². The molecular formula is C28H41F3N2O2. The van der Waals surface area contributed by atoms with Crippen LogP contribution < -0.4 is 5.32 Å². The van der Waals surface area contributed by atoms with Crippen molar-refractivity contribution in [3.05, 3.63) is 41.5 Å². The zero-order chi connectivity index (χ0) is 25.4. The van der Waals surface area contributed by atoms with E-state index < -0.39 is 11.7 Å². The summed E-state index contributed by atoms with van der Waals surface area (Å²) in [4.78, 5) is 15.0. The largest absolute Gasteiger partial charge is 0.416 e. The van der Waals surface area contributed by atoms with Gasteiger partial charge in [-0.05, 0) is 67.7 Å². The van der Waals surface area contributed by atoms with Crippen molar-refractivity contribution in [2.75, 3.05) is 26.3 Å². The molecule has 2 fully saturated rings. The molecule has 1 saturated heterocycles. The molecule has 1 amide bonds. The first-order valence-electron chi connectivity index (χ1n) is 13.3. The predicted octanol–water partition coefficient (Wildman–Crippen LogP) is 6.31. The van der Waals surface area contributed by atoms with Gasteiger partial charge in [0.15, 0.2) is 0 Å². The minimum absolute atomic E-state index is 0.0379. The van der Waals surface area contributed by atoms with Crippen molar-refractivity contribution in [1.29, 1.82) is 0 Å². The quantitative estimate of drug-likeness (QED) is 0.522. The Morgan fingerprint density at radius 3 is 2.60 bits per heavy atom. The molecule has 1 aromatic rings. The van der Waals surface area contributed by atoms with E-state index in [4.69, 9.17) is 4.74 Å². The topological polar surface area (TPSA) is 41.6 Å². The van der Waals surface area contributed by atoms with Gasteiger partial charge in [0.2, 0.25) is 5.91 Å². The first-order valence-corrected chi connectivity index (χ1v) is 13.3. The van der Waals surface area contributed by atoms with E-state index >= 15 is 0 Å². The van der Waals surface area contributed by atoms with Crippen LogP contribution in [0.3, 0.4) is 0 Å². The summed E-state index contributed by atoms with van der Waals surface area (Å²) in [5.41, 5.74) is 0.851. The normalized spacial score (nSPS) is 27.1. The second-order valence-corrected chi connectivity index (χ2v) is 10.1. The van der Waals surface area contributed by atoms with Gasteiger partial charge < -0.3 is 15.0 Å². The molecule has 4 rings (SSSR count). The molecular weight excluding hydrogens is 453 g/mol. The Morgan fingerprint density at radius 1 is 1.17 bits per heavy atom. The lowest BCUT2D eigenvalue weighted by atomic mass is 9.92. The van der Waals surface area contributed by atoms with E-state index in [1.807, 2.05) is 11.0 Å². The highest BCUT2D eigenvalue weighted by molar-refractivity contribution is 5.81. The van der Waals surface area contributed by atoms with Gasteiger partial charge >= 0.3 is 6.18 Å². The minimum atomic E-state index is -4.35. The Morgan fingerprint density at radius 2 is 1.94 bits per heavy atom. The number of benzene rings is 1. The fourth-order valence-corrected chi connectivity index (χ4v) is 5.36. The number of halogens is 3. The van der Waals surface area contributed by atoms with Gasteiger partial charge in [-0.1, -0.05) is 45.4 Å². The van der Waals surface area contributed by atoms with Crippen LogP contribution in [-0.2, 0) is 15.7 Å². The fourth-order valence-electron chi connectivity index (χ4n) is 5.36. The summed E-state index contributed by atoms with van der Waals surface area (Å²) in [5, 5.41) is 3.80. The lowest BCUT2D eigenvalue weighted by Crippen LogP contribution is -2.46. The molecule has 35 heavy (non-hydrogen) atoms. The van der Waals surface area contributed by atoms with E-state index in [0.29, 0.717) is 43.1 Å². The van der Waals surface area contributed by atoms with Crippen molar-refractivity contribution in [3.63, 3.8) is 0 Å². The van der Waals surface area contributed by atoms with E-state index in [2.05, 4.69) is 26.1 Å². The van der Waals surface area contributed by atoms with Crippen LogP contribution in [0.1, 0.15) is 76.8 Å². The molecule has 7 heteroatoms. The monoisotopic (exact) mass is 494 g/mol. The van der Waals surface area contributed by atoms with Crippen molar-refractivity contribution in [2.24, 2.45) is 11.8 Å². The highest BCUT2D eigenvalue weighted by atomic mass is 19.4. The summed E-state index contributed by atoms with van der Waals surface area (Å²) in [7, 11) is 0. The average Bonchev–Trinajstić information content (AvgIpc) is 3.32. The number of ether oxygens (including phenoxy) is 1. The standard InChI is InChI=1S/C25H33F3N2O2.C3H8/c1-2-17-16-32-13-10-23(17)29-22-7-6-20(15-22)24(31)30-11-8-18(9-12-30)19-4-3-5-21(14-19)25(26,27)28;1-3-2/h3-5,8,14,17,20,22-23,29H,2,6-7,9-13,15-16H2,1H3;3H2,1-2H3. The Hall–Kier alpha value is -1.86. The minimum Gasteiger partial charge on any atom is -0.381 e. The lowest BCUT2D eigenvalue weighted by Gasteiger charge is -2.34. The summed E-state index contributed by atoms with van der Waals surface area (Å²) in [6.07, 6.45) is 4.32. The number of alkyl halides is 3. The number of nitrogens with one attached hydrogen (secondary N) is 1. The van der Waals surface area contributed by atoms with Crippen LogP contribution in [0.25, 0.3) is 5.57 Å². The fraction of sp³-hybridized carbons (Fsp3) is 0.679. The molecule has 1 aliphatic carbocycles. The van der Waals surface area contributed by atoms with E-state index in [0.717, 1.165) is 57.0 Å². The number of rotatable bonds is 5. The molecule has 3 aliphatic rings. The molecule has 2 heterocycles. The molecule has 1 aromatic carbocycles. The predicted molar refractivity (Wildman–Crippen MR) is 134 cm³/mol. The summed E-state index contributed by atoms with van der Waals surface area (Å²) < 4.78 is 44.6. The number of hydrogen-bond donors (Lipinski definition) is 1. The molecule has 1 saturated carbocycles. The van der Waals surface area contributed by atoms with E-state index in [1.54, 1.807) is 6.07 Å². The summed E-state index contributed by atoms with van der Waals surface area (Å²) in [5.74, 6) is 0.767. The third kappa shape index (κ3) is 7.56. The van der Waals surface area contributed by atoms with E-state index in [1.165, 1.54) is 18.6 Å². The number of nitrogens with zero attached hydrogens (tertiary/aromatic N) is 1. The van der Waals surface area contributed by atoms with Crippen molar-refractivity contribution in [2.45, 2.75) is 84.0 Å². The van der Waals surface area contributed by atoms with Crippen molar-refractivity contribution in [3.8, 4) is 0 Å². The highest BCUT2D eigenvalue weighted by Crippen LogP contribution is 2.34. The Kier molecular flexibility index (Phi) is 10.2. The maximum atomic E-state index is 13.1. The third-order valence-electron chi connectivity index (χ3n) is 7.31. The number of amides is 1. The van der Waals surface area contributed by atoms with Gasteiger partial charge in [-0.3, -0.25) is 4.79 Å². The molecule has 4 unspecified atom stereocenters. The van der Waals surface area contributed by atoms with Crippen molar-refractivity contribution >= 4 is 11.5 Å². The average molecular weight is 495 g/mol. The SMILES string of the molecule is CCC.CCC1COCCC1NC1CCC(C(=O)N2CC=C(c3cccc(C(F)(F)F)c3)CC2)C1. The van der Waals surface area contributed by atoms with Gasteiger partial charge in [-0.15, -0.1) is 0 Å². The van der Waals surface area contributed by atoms with Crippen LogP contribution in [0.2, 0.25) is 0 Å². The smallest absolute Gasteiger partial charge is 0.381 e. The zero-order valence-electron chi connectivity index (χ0n) is 21.4. The first-order chi connectivity index (χ1) is 16.8. The molecule has 4 nitrogen and oxygen atoms in total. The van der Waals surface area contributed by atoms with Gasteiger partial charge in [-0.25, -0.2) is 0 Å². The van der Waals surface area contributed by atoms with E-state index in [-0.39, 0.29) is 11.8 Å². The van der Waals surface area contributed by atoms with Crippen LogP contribution in [0.5, 0.6) is 0 Å². The van der Waals surface area contributed by atoms with Crippen LogP contribution in [0.15, 0.2) is 30.3 Å². The van der Waals surface area contributed by atoms with Crippen LogP contribution in [-0.4, -0.2) is 49.2 Å². The number of carbonyl (C=O) groups excluding carboxylic acids is 1. The summed E-state index contributed by atoms with van der Waals surface area (Å²) >= 11 is 0. The van der Waals surface area contributed by atoms with E-state index in [9.17, 15) is 18.0 Å².